The summed E-state index contributed by atoms with van der Waals surface area (Å²) in [5, 5.41) is 2.73. The van der Waals surface area contributed by atoms with Crippen LogP contribution >= 0.6 is 11.3 Å². The van der Waals surface area contributed by atoms with Crippen LogP contribution in [0.4, 0.5) is 5.00 Å². The number of esters is 2. The maximum Gasteiger partial charge on any atom is 0.341 e. The van der Waals surface area contributed by atoms with Crippen molar-refractivity contribution < 1.29 is 28.7 Å². The van der Waals surface area contributed by atoms with Crippen molar-refractivity contribution in [3.05, 3.63) is 51.9 Å². The number of nitrogens with one attached hydrogen (secondary N) is 1. The molecule has 1 aromatic carbocycles. The van der Waals surface area contributed by atoms with Gasteiger partial charge in [-0.15, -0.1) is 11.3 Å². The van der Waals surface area contributed by atoms with Crippen LogP contribution in [0.25, 0.3) is 0 Å². The third-order valence-corrected chi connectivity index (χ3v) is 5.06. The lowest BCUT2D eigenvalue weighted by Crippen LogP contribution is -2.22. The van der Waals surface area contributed by atoms with E-state index in [1.54, 1.807) is 38.1 Å². The Labute approximate surface area is 166 Å². The number of carbonyl (C=O) groups is 4. The highest BCUT2D eigenvalue weighted by atomic mass is 32.1. The zero-order valence-corrected chi connectivity index (χ0v) is 16.7. The Morgan fingerprint density at radius 1 is 1.07 bits per heavy atom. The molecular weight excluding hydrogens is 382 g/mol. The Morgan fingerprint density at radius 2 is 1.75 bits per heavy atom. The number of benzene rings is 1. The smallest absolute Gasteiger partial charge is 0.341 e. The summed E-state index contributed by atoms with van der Waals surface area (Å²) in [4.78, 5) is 48.4. The van der Waals surface area contributed by atoms with E-state index in [1.165, 1.54) is 6.92 Å². The van der Waals surface area contributed by atoms with Gasteiger partial charge in [-0.05, 0) is 31.9 Å². The van der Waals surface area contributed by atoms with Gasteiger partial charge in [-0.3, -0.25) is 14.4 Å². The number of ether oxygens (including phenoxy) is 2. The summed E-state index contributed by atoms with van der Waals surface area (Å²) in [5.74, 6) is -2.00. The number of ketones is 1. The maximum atomic E-state index is 12.2. The Hall–Kier alpha value is -3.00. The van der Waals surface area contributed by atoms with Crippen molar-refractivity contribution in [2.75, 3.05) is 18.5 Å². The van der Waals surface area contributed by atoms with E-state index >= 15 is 0 Å². The van der Waals surface area contributed by atoms with E-state index in [4.69, 9.17) is 9.47 Å². The molecule has 0 aliphatic rings. The minimum atomic E-state index is -0.625. The van der Waals surface area contributed by atoms with E-state index in [0.717, 1.165) is 16.9 Å². The van der Waals surface area contributed by atoms with Gasteiger partial charge in [0.05, 0.1) is 23.5 Å². The Kier molecular flexibility index (Phi) is 7.45. The third-order valence-electron chi connectivity index (χ3n) is 3.75. The first-order valence-corrected chi connectivity index (χ1v) is 9.46. The highest BCUT2D eigenvalue weighted by molar-refractivity contribution is 7.18. The van der Waals surface area contributed by atoms with Crippen molar-refractivity contribution in [1.82, 2.24) is 0 Å². The Balaban J connectivity index is 2.04. The number of carbonyl (C=O) groups excluding carboxylic acids is 4. The van der Waals surface area contributed by atoms with Crippen LogP contribution in [-0.2, 0) is 25.5 Å². The fourth-order valence-corrected chi connectivity index (χ4v) is 3.62. The Morgan fingerprint density at radius 3 is 2.36 bits per heavy atom. The third kappa shape index (κ3) is 5.50. The molecule has 1 heterocycles. The van der Waals surface area contributed by atoms with Gasteiger partial charge in [-0.1, -0.05) is 30.3 Å². The molecule has 0 spiro atoms. The molecule has 0 bridgehead atoms. The minimum absolute atomic E-state index is 0.0504. The van der Waals surface area contributed by atoms with Gasteiger partial charge in [0, 0.05) is 0 Å². The summed E-state index contributed by atoms with van der Waals surface area (Å²) in [6.45, 7) is 4.32. The second-order valence-electron chi connectivity index (χ2n) is 5.91. The fraction of sp³-hybridized carbons (Fsp3) is 0.300. The predicted octanol–water partition coefficient (Wildman–Crippen LogP) is 3.16. The average Bonchev–Trinajstić information content (AvgIpc) is 2.97. The molecule has 0 unspecified atom stereocenters. The second kappa shape index (κ2) is 9.80. The second-order valence-corrected chi connectivity index (χ2v) is 6.93. The van der Waals surface area contributed by atoms with Crippen LogP contribution in [0.3, 0.4) is 0 Å². The van der Waals surface area contributed by atoms with Crippen LogP contribution in [0, 0.1) is 6.92 Å². The number of Topliss-reactive ketones (excluding diaryl/α,β-unsaturated/α-hetero) is 1. The average molecular weight is 403 g/mol. The molecule has 2 rings (SSSR count). The number of amides is 1. The molecule has 148 valence electrons. The van der Waals surface area contributed by atoms with E-state index in [0.29, 0.717) is 10.4 Å². The molecule has 0 saturated carbocycles. The predicted molar refractivity (Wildman–Crippen MR) is 105 cm³/mol. The molecule has 1 aromatic heterocycles. The monoisotopic (exact) mass is 403 g/mol. The molecule has 7 nitrogen and oxygen atoms in total. The molecule has 8 heteroatoms. The molecule has 0 aliphatic heterocycles. The van der Waals surface area contributed by atoms with E-state index in [1.807, 2.05) is 6.07 Å². The van der Waals surface area contributed by atoms with Crippen molar-refractivity contribution in [3.8, 4) is 0 Å². The molecule has 1 N–H and O–H groups in total. The van der Waals surface area contributed by atoms with Crippen molar-refractivity contribution in [2.45, 2.75) is 27.2 Å². The van der Waals surface area contributed by atoms with Crippen LogP contribution in [0.15, 0.2) is 30.3 Å². The molecule has 28 heavy (non-hydrogen) atoms. The molecule has 0 radical (unpaired) electrons. The van der Waals surface area contributed by atoms with Crippen molar-refractivity contribution in [2.24, 2.45) is 0 Å². The summed E-state index contributed by atoms with van der Waals surface area (Å²) in [6.07, 6.45) is 0.0504. The molecule has 0 fully saturated rings. The summed E-state index contributed by atoms with van der Waals surface area (Å²) >= 11 is 0.991. The van der Waals surface area contributed by atoms with Crippen LogP contribution in [0.1, 0.15) is 45.0 Å². The molecular formula is C20H21NO6S. The summed E-state index contributed by atoms with van der Waals surface area (Å²) in [5.41, 5.74) is 1.37. The van der Waals surface area contributed by atoms with E-state index in [2.05, 4.69) is 5.32 Å². The zero-order valence-electron chi connectivity index (χ0n) is 15.9. The summed E-state index contributed by atoms with van der Waals surface area (Å²) in [7, 11) is 0. The summed E-state index contributed by atoms with van der Waals surface area (Å²) in [6, 6.07) is 9.01. The first kappa shape index (κ1) is 21.3. The van der Waals surface area contributed by atoms with Crippen molar-refractivity contribution >= 4 is 40.0 Å². The lowest BCUT2D eigenvalue weighted by atomic mass is 10.1. The number of hydrogen-bond donors (Lipinski definition) is 1. The van der Waals surface area contributed by atoms with Gasteiger partial charge in [-0.2, -0.15) is 0 Å². The Bertz CT molecular complexity index is 888. The summed E-state index contributed by atoms with van der Waals surface area (Å²) < 4.78 is 9.99. The van der Waals surface area contributed by atoms with Gasteiger partial charge < -0.3 is 14.8 Å². The van der Waals surface area contributed by atoms with Crippen LogP contribution < -0.4 is 5.32 Å². The SMILES string of the molecule is CCOC(=O)c1c(NC(=O)COC(=O)Cc2ccccc2)sc(C(C)=O)c1C. The van der Waals surface area contributed by atoms with E-state index in [-0.39, 0.29) is 29.4 Å². The molecule has 0 atom stereocenters. The molecule has 0 saturated heterocycles. The molecule has 0 aliphatic carbocycles. The lowest BCUT2D eigenvalue weighted by Gasteiger charge is -2.08. The topological polar surface area (TPSA) is 98.8 Å². The van der Waals surface area contributed by atoms with Gasteiger partial charge in [-0.25, -0.2) is 4.79 Å². The van der Waals surface area contributed by atoms with E-state index < -0.39 is 24.5 Å². The van der Waals surface area contributed by atoms with Gasteiger partial charge in [0.1, 0.15) is 5.00 Å². The van der Waals surface area contributed by atoms with Crippen LogP contribution in [-0.4, -0.2) is 36.8 Å². The maximum absolute atomic E-state index is 12.2. The normalized spacial score (nSPS) is 10.2. The highest BCUT2D eigenvalue weighted by Gasteiger charge is 2.25. The van der Waals surface area contributed by atoms with Crippen molar-refractivity contribution in [3.63, 3.8) is 0 Å². The van der Waals surface area contributed by atoms with Crippen LogP contribution in [0.5, 0.6) is 0 Å². The number of thiophene rings is 1. The van der Waals surface area contributed by atoms with Crippen molar-refractivity contribution in [1.29, 1.82) is 0 Å². The standard InChI is InChI=1S/C20H21NO6S/c1-4-26-20(25)17-12(2)18(13(3)22)28-19(17)21-15(23)11-27-16(24)10-14-8-6-5-7-9-14/h5-9H,4,10-11H2,1-3H3,(H,21,23). The lowest BCUT2D eigenvalue weighted by molar-refractivity contribution is -0.146. The number of hydrogen-bond acceptors (Lipinski definition) is 7. The van der Waals surface area contributed by atoms with Gasteiger partial charge in [0.2, 0.25) is 0 Å². The number of anilines is 1. The van der Waals surface area contributed by atoms with Crippen LogP contribution in [0.2, 0.25) is 0 Å². The zero-order chi connectivity index (χ0) is 20.7. The molecule has 2 aromatic rings. The fourth-order valence-electron chi connectivity index (χ4n) is 2.51. The van der Waals surface area contributed by atoms with Gasteiger partial charge in [0.15, 0.2) is 12.4 Å². The minimum Gasteiger partial charge on any atom is -0.462 e. The highest BCUT2D eigenvalue weighted by Crippen LogP contribution is 2.34. The van der Waals surface area contributed by atoms with Gasteiger partial charge in [0.25, 0.3) is 5.91 Å². The molecule has 1 amide bonds. The van der Waals surface area contributed by atoms with E-state index in [9.17, 15) is 19.2 Å². The first-order valence-electron chi connectivity index (χ1n) is 8.64. The van der Waals surface area contributed by atoms with Gasteiger partial charge >= 0.3 is 11.9 Å². The first-order chi connectivity index (χ1) is 13.3. The number of rotatable bonds is 8. The largest absolute Gasteiger partial charge is 0.462 e. The quantitative estimate of drug-likeness (QED) is 0.537.